The molecule has 0 bridgehead atoms. The maximum atomic E-state index is 14.8. The van der Waals surface area contributed by atoms with Crippen molar-refractivity contribution >= 4 is 23.4 Å². The van der Waals surface area contributed by atoms with Crippen molar-refractivity contribution in [2.45, 2.75) is 30.2 Å². The third kappa shape index (κ3) is 5.70. The van der Waals surface area contributed by atoms with Crippen LogP contribution in [0.15, 0.2) is 66.0 Å². The molecule has 0 saturated heterocycles. The number of halogens is 4. The van der Waals surface area contributed by atoms with E-state index in [0.717, 1.165) is 35.2 Å². The van der Waals surface area contributed by atoms with Gasteiger partial charge >= 0.3 is 0 Å². The Kier molecular flexibility index (Phi) is 8.41. The Bertz CT molecular complexity index is 1500. The molecule has 196 valence electrons. The number of aromatic nitrogens is 2. The van der Waals surface area contributed by atoms with E-state index in [1.54, 1.807) is 31.5 Å². The number of rotatable bonds is 7. The predicted molar refractivity (Wildman–Crippen MR) is 144 cm³/mol. The van der Waals surface area contributed by atoms with Crippen LogP contribution < -0.4 is 4.74 Å². The van der Waals surface area contributed by atoms with Gasteiger partial charge in [-0.2, -0.15) is 0 Å². The van der Waals surface area contributed by atoms with Crippen LogP contribution in [0.1, 0.15) is 36.2 Å². The lowest BCUT2D eigenvalue weighted by Gasteiger charge is -2.28. The Balaban J connectivity index is 1.76. The molecule has 0 unspecified atom stereocenters. The maximum absolute atomic E-state index is 14.8. The molecule has 4 nitrogen and oxygen atoms in total. The average molecular weight is 557 g/mol. The number of methoxy groups -OCH3 is 1. The molecule has 1 aromatic heterocycles. The molecule has 9 heteroatoms. The number of ether oxygens (including phenoxy) is 1. The molecule has 4 aromatic rings. The normalized spacial score (nSPS) is 11.3. The molecule has 0 aliphatic carbocycles. The fourth-order valence-electron chi connectivity index (χ4n) is 4.01. The van der Waals surface area contributed by atoms with Crippen molar-refractivity contribution in [1.82, 2.24) is 9.55 Å². The first-order valence-electron chi connectivity index (χ1n) is 11.5. The van der Waals surface area contributed by atoms with Crippen LogP contribution >= 0.6 is 23.4 Å². The van der Waals surface area contributed by atoms with Crippen LogP contribution in [0.2, 0.25) is 5.02 Å². The van der Waals surface area contributed by atoms with Crippen molar-refractivity contribution in [3.63, 3.8) is 0 Å². The first-order chi connectivity index (χ1) is 18.1. The lowest BCUT2D eigenvalue weighted by Crippen LogP contribution is -2.23. The van der Waals surface area contributed by atoms with E-state index in [4.69, 9.17) is 21.4 Å². The molecule has 4 rings (SSSR count). The SMILES string of the molecule is COc1cc(C(C)(C)c2cnc(SCc3c(F)cc(C#CCO)cc3F)n2-c2ccc(F)cc2)ccc1Cl. The van der Waals surface area contributed by atoms with Crippen molar-refractivity contribution in [3.05, 3.63) is 106 Å². The van der Waals surface area contributed by atoms with E-state index in [0.29, 0.717) is 21.6 Å². The van der Waals surface area contributed by atoms with Crippen LogP contribution in [0.3, 0.4) is 0 Å². The van der Waals surface area contributed by atoms with Crippen molar-refractivity contribution in [2.75, 3.05) is 13.7 Å². The number of benzene rings is 3. The van der Waals surface area contributed by atoms with Crippen molar-refractivity contribution in [3.8, 4) is 23.3 Å². The third-order valence-electron chi connectivity index (χ3n) is 6.13. The number of nitrogens with zero attached hydrogens (tertiary/aromatic N) is 2. The maximum Gasteiger partial charge on any atom is 0.173 e. The number of hydrogen-bond donors (Lipinski definition) is 1. The number of aliphatic hydroxyl groups excluding tert-OH is 1. The Morgan fingerprint density at radius 2 is 1.74 bits per heavy atom. The molecular weight excluding hydrogens is 533 g/mol. The second-order valence-electron chi connectivity index (χ2n) is 8.88. The fourth-order valence-corrected chi connectivity index (χ4v) is 5.21. The lowest BCUT2D eigenvalue weighted by atomic mass is 9.81. The number of thioether (sulfide) groups is 1. The average Bonchev–Trinajstić information content (AvgIpc) is 3.32. The third-order valence-corrected chi connectivity index (χ3v) is 7.42. The zero-order valence-electron chi connectivity index (χ0n) is 20.9. The highest BCUT2D eigenvalue weighted by molar-refractivity contribution is 7.98. The summed E-state index contributed by atoms with van der Waals surface area (Å²) in [5.74, 6) is 3.50. The van der Waals surface area contributed by atoms with Crippen LogP contribution in [-0.4, -0.2) is 28.4 Å². The van der Waals surface area contributed by atoms with E-state index in [1.165, 1.54) is 12.1 Å². The van der Waals surface area contributed by atoms with Crippen molar-refractivity contribution in [1.29, 1.82) is 0 Å². The zero-order chi connectivity index (χ0) is 27.4. The second kappa shape index (κ2) is 11.6. The molecule has 1 heterocycles. The van der Waals surface area contributed by atoms with Gasteiger partial charge in [0.05, 0.1) is 24.0 Å². The van der Waals surface area contributed by atoms with Gasteiger partial charge in [-0.25, -0.2) is 18.2 Å². The van der Waals surface area contributed by atoms with Gasteiger partial charge in [0.1, 0.15) is 29.8 Å². The molecule has 0 aliphatic rings. The van der Waals surface area contributed by atoms with Gasteiger partial charge in [0.15, 0.2) is 5.16 Å². The Morgan fingerprint density at radius 3 is 2.37 bits per heavy atom. The molecule has 0 atom stereocenters. The second-order valence-corrected chi connectivity index (χ2v) is 10.2. The van der Waals surface area contributed by atoms with E-state index in [9.17, 15) is 13.2 Å². The summed E-state index contributed by atoms with van der Waals surface area (Å²) < 4.78 is 50.5. The Labute approximate surface area is 228 Å². The van der Waals surface area contributed by atoms with E-state index in [1.807, 2.05) is 30.5 Å². The zero-order valence-corrected chi connectivity index (χ0v) is 22.4. The van der Waals surface area contributed by atoms with Crippen molar-refractivity contribution < 1.29 is 23.0 Å². The molecule has 0 aliphatic heterocycles. The highest BCUT2D eigenvalue weighted by Gasteiger charge is 2.30. The van der Waals surface area contributed by atoms with Crippen molar-refractivity contribution in [2.24, 2.45) is 0 Å². The van der Waals surface area contributed by atoms with Crippen LogP contribution in [0.4, 0.5) is 13.2 Å². The van der Waals surface area contributed by atoms with Gasteiger partial charge in [-0.05, 0) is 54.1 Å². The number of aliphatic hydroxyl groups is 1. The monoisotopic (exact) mass is 556 g/mol. The van der Waals surface area contributed by atoms with E-state index in [2.05, 4.69) is 16.8 Å². The summed E-state index contributed by atoms with van der Waals surface area (Å²) in [6.07, 6.45) is 1.70. The molecule has 0 radical (unpaired) electrons. The first kappa shape index (κ1) is 27.6. The summed E-state index contributed by atoms with van der Waals surface area (Å²) in [5, 5.41) is 9.78. The Morgan fingerprint density at radius 1 is 1.05 bits per heavy atom. The largest absolute Gasteiger partial charge is 0.495 e. The Hall–Kier alpha value is -3.38. The predicted octanol–water partition coefficient (Wildman–Crippen LogP) is 6.91. The number of hydrogen-bond acceptors (Lipinski definition) is 4. The minimum atomic E-state index is -0.742. The van der Waals surface area contributed by atoms with Gasteiger partial charge in [0, 0.05) is 28.0 Å². The van der Waals surface area contributed by atoms with Crippen LogP contribution in [0, 0.1) is 29.3 Å². The molecule has 0 fully saturated rings. The summed E-state index contributed by atoms with van der Waals surface area (Å²) in [6, 6.07) is 13.7. The van der Waals surface area contributed by atoms with Gasteiger partial charge in [-0.3, -0.25) is 4.57 Å². The van der Waals surface area contributed by atoms with Gasteiger partial charge in [0.2, 0.25) is 0 Å². The van der Waals surface area contributed by atoms with E-state index in [-0.39, 0.29) is 22.7 Å². The topological polar surface area (TPSA) is 47.3 Å². The number of imidazole rings is 1. The molecule has 3 aromatic carbocycles. The van der Waals surface area contributed by atoms with Gasteiger partial charge in [-0.15, -0.1) is 0 Å². The molecule has 38 heavy (non-hydrogen) atoms. The smallest absolute Gasteiger partial charge is 0.173 e. The summed E-state index contributed by atoms with van der Waals surface area (Å²) in [6.45, 7) is 3.60. The minimum Gasteiger partial charge on any atom is -0.495 e. The molecule has 1 N–H and O–H groups in total. The highest BCUT2D eigenvalue weighted by atomic mass is 35.5. The quantitative estimate of drug-likeness (QED) is 0.198. The van der Waals surface area contributed by atoms with Crippen LogP contribution in [0.25, 0.3) is 5.69 Å². The van der Waals surface area contributed by atoms with Gasteiger partial charge in [-0.1, -0.05) is 55.1 Å². The summed E-state index contributed by atoms with van der Waals surface area (Å²) >= 11 is 7.39. The summed E-state index contributed by atoms with van der Waals surface area (Å²) in [5.41, 5.74) is 1.72. The first-order valence-corrected chi connectivity index (χ1v) is 12.9. The van der Waals surface area contributed by atoms with Crippen LogP contribution in [0.5, 0.6) is 5.75 Å². The molecule has 0 amide bonds. The molecule has 0 saturated carbocycles. The lowest BCUT2D eigenvalue weighted by molar-refractivity contribution is 0.350. The molecule has 0 spiro atoms. The van der Waals surface area contributed by atoms with Gasteiger partial charge < -0.3 is 9.84 Å². The molecular formula is C29H24ClF3N2O2S. The van der Waals surface area contributed by atoms with E-state index < -0.39 is 23.7 Å². The summed E-state index contributed by atoms with van der Waals surface area (Å²) in [4.78, 5) is 4.58. The van der Waals surface area contributed by atoms with Gasteiger partial charge in [0.25, 0.3) is 0 Å². The fraction of sp³-hybridized carbons (Fsp3) is 0.207. The minimum absolute atomic E-state index is 0.0434. The standard InChI is InChI=1S/C29H24ClF3N2O2S/c1-29(2,19-6-11-23(30)26(15-19)37-3)27-16-34-28(35(27)21-9-7-20(31)8-10-21)38-17-22-24(32)13-18(5-4-12-36)14-25(22)33/h6-11,13-16,36H,12,17H2,1-3H3. The highest BCUT2D eigenvalue weighted by Crippen LogP contribution is 2.39. The van der Waals surface area contributed by atoms with E-state index >= 15 is 0 Å². The summed E-state index contributed by atoms with van der Waals surface area (Å²) in [7, 11) is 1.54. The van der Waals surface area contributed by atoms with Crippen LogP contribution in [-0.2, 0) is 11.2 Å².